The third kappa shape index (κ3) is 3.59. The van der Waals surface area contributed by atoms with Gasteiger partial charge in [-0.05, 0) is 17.7 Å². The van der Waals surface area contributed by atoms with E-state index in [1.807, 2.05) is 0 Å². The van der Waals surface area contributed by atoms with Crippen LogP contribution in [-0.2, 0) is 19.8 Å². The molecule has 0 aliphatic carbocycles. The highest BCUT2D eigenvalue weighted by atomic mass is 19.4. The first kappa shape index (κ1) is 15.0. The smallest absolute Gasteiger partial charge is 0.347 e. The number of aryl methyl sites for hydroxylation is 1. The molecular formula is C13H11F4N3O. The Labute approximate surface area is 117 Å². The van der Waals surface area contributed by atoms with Gasteiger partial charge in [-0.2, -0.15) is 18.3 Å². The second kappa shape index (κ2) is 5.55. The van der Waals surface area contributed by atoms with Crippen molar-refractivity contribution in [3.05, 3.63) is 53.1 Å². The predicted molar refractivity (Wildman–Crippen MR) is 65.8 cm³/mol. The molecule has 0 unspecified atom stereocenters. The number of hydrogen-bond donors (Lipinski definition) is 1. The van der Waals surface area contributed by atoms with Gasteiger partial charge in [0.15, 0.2) is 5.69 Å². The summed E-state index contributed by atoms with van der Waals surface area (Å²) < 4.78 is 51.0. The van der Waals surface area contributed by atoms with Crippen LogP contribution in [0, 0.1) is 5.82 Å². The van der Waals surface area contributed by atoms with Gasteiger partial charge in [-0.1, -0.05) is 12.1 Å². The van der Waals surface area contributed by atoms with E-state index in [0.717, 1.165) is 4.68 Å². The topological polar surface area (TPSA) is 46.9 Å². The molecule has 0 aliphatic heterocycles. The fourth-order valence-corrected chi connectivity index (χ4v) is 1.69. The van der Waals surface area contributed by atoms with Crippen molar-refractivity contribution in [3.63, 3.8) is 0 Å². The molecule has 1 aromatic carbocycles. The molecule has 0 fully saturated rings. The minimum atomic E-state index is -4.60. The normalized spacial score (nSPS) is 11.5. The first-order valence-corrected chi connectivity index (χ1v) is 5.91. The molecule has 1 aromatic heterocycles. The summed E-state index contributed by atoms with van der Waals surface area (Å²) in [6.45, 7) is 0.0750. The van der Waals surface area contributed by atoms with Crippen molar-refractivity contribution < 1.29 is 22.4 Å². The monoisotopic (exact) mass is 301 g/mol. The largest absolute Gasteiger partial charge is 0.435 e. The summed E-state index contributed by atoms with van der Waals surface area (Å²) in [5, 5.41) is 5.70. The van der Waals surface area contributed by atoms with Gasteiger partial charge < -0.3 is 5.32 Å². The van der Waals surface area contributed by atoms with Gasteiger partial charge in [-0.3, -0.25) is 9.48 Å². The Morgan fingerprint density at radius 2 is 1.90 bits per heavy atom. The summed E-state index contributed by atoms with van der Waals surface area (Å²) in [4.78, 5) is 11.8. The van der Waals surface area contributed by atoms with E-state index in [9.17, 15) is 22.4 Å². The number of carbonyl (C=O) groups is 1. The van der Waals surface area contributed by atoms with Crippen molar-refractivity contribution in [2.75, 3.05) is 0 Å². The van der Waals surface area contributed by atoms with Crippen LogP contribution in [0.25, 0.3) is 0 Å². The molecule has 0 atom stereocenters. The Morgan fingerprint density at radius 3 is 2.43 bits per heavy atom. The summed E-state index contributed by atoms with van der Waals surface area (Å²) >= 11 is 0. The molecule has 4 nitrogen and oxygen atoms in total. The molecule has 8 heteroatoms. The predicted octanol–water partition coefficient (Wildman–Crippen LogP) is 2.51. The molecule has 0 saturated carbocycles. The number of amides is 1. The van der Waals surface area contributed by atoms with Gasteiger partial charge in [0, 0.05) is 19.7 Å². The highest BCUT2D eigenvalue weighted by Crippen LogP contribution is 2.28. The molecule has 112 valence electrons. The SMILES string of the molecule is Cn1nc(C(F)(F)F)cc1C(=O)NCc1ccc(F)cc1. The molecule has 2 aromatic rings. The third-order valence-electron chi connectivity index (χ3n) is 2.77. The maximum atomic E-state index is 12.7. The number of hydrogen-bond acceptors (Lipinski definition) is 2. The zero-order valence-electron chi connectivity index (χ0n) is 10.9. The summed E-state index contributed by atoms with van der Waals surface area (Å²) in [5.74, 6) is -1.10. The molecule has 0 spiro atoms. The molecule has 0 aliphatic rings. The number of rotatable bonds is 3. The van der Waals surface area contributed by atoms with Crippen LogP contribution in [0.3, 0.4) is 0 Å². The van der Waals surface area contributed by atoms with Gasteiger partial charge in [0.2, 0.25) is 0 Å². The maximum Gasteiger partial charge on any atom is 0.435 e. The Hall–Kier alpha value is -2.38. The highest BCUT2D eigenvalue weighted by molar-refractivity contribution is 5.92. The van der Waals surface area contributed by atoms with Crippen LogP contribution in [-0.4, -0.2) is 15.7 Å². The van der Waals surface area contributed by atoms with E-state index in [-0.39, 0.29) is 12.2 Å². The minimum Gasteiger partial charge on any atom is -0.347 e. The minimum absolute atomic E-state index is 0.0750. The molecule has 1 amide bonds. The van der Waals surface area contributed by atoms with Gasteiger partial charge in [0.05, 0.1) is 0 Å². The second-order valence-corrected chi connectivity index (χ2v) is 4.35. The van der Waals surface area contributed by atoms with Crippen LogP contribution in [0.1, 0.15) is 21.7 Å². The standard InChI is InChI=1S/C13H11F4N3O/c1-20-10(6-11(19-20)13(15,16)17)12(21)18-7-8-2-4-9(14)5-3-8/h2-6H,7H2,1H3,(H,18,21). The number of aromatic nitrogens is 2. The van der Waals surface area contributed by atoms with Crippen LogP contribution in [0.15, 0.2) is 30.3 Å². The van der Waals surface area contributed by atoms with Gasteiger partial charge in [-0.15, -0.1) is 0 Å². The van der Waals surface area contributed by atoms with Crippen LogP contribution in [0.2, 0.25) is 0 Å². The van der Waals surface area contributed by atoms with Gasteiger partial charge >= 0.3 is 6.18 Å². The highest BCUT2D eigenvalue weighted by Gasteiger charge is 2.35. The van der Waals surface area contributed by atoms with Crippen LogP contribution >= 0.6 is 0 Å². The van der Waals surface area contributed by atoms with Gasteiger partial charge in [0.1, 0.15) is 11.5 Å². The number of benzene rings is 1. The van der Waals surface area contributed by atoms with Crippen molar-refractivity contribution in [2.24, 2.45) is 7.05 Å². The van der Waals surface area contributed by atoms with Gasteiger partial charge in [-0.25, -0.2) is 4.39 Å². The summed E-state index contributed by atoms with van der Waals surface area (Å²) in [7, 11) is 1.25. The first-order valence-electron chi connectivity index (χ1n) is 5.91. The Bertz CT molecular complexity index is 646. The lowest BCUT2D eigenvalue weighted by Gasteiger charge is -2.05. The zero-order valence-corrected chi connectivity index (χ0v) is 10.9. The molecule has 0 saturated heterocycles. The molecule has 1 N–H and O–H groups in total. The number of carbonyl (C=O) groups excluding carboxylic acids is 1. The Morgan fingerprint density at radius 1 is 1.29 bits per heavy atom. The molecule has 0 bridgehead atoms. The molecular weight excluding hydrogens is 290 g/mol. The molecule has 2 rings (SSSR count). The van der Waals surface area contributed by atoms with E-state index >= 15 is 0 Å². The van der Waals surface area contributed by atoms with Crippen LogP contribution in [0.4, 0.5) is 17.6 Å². The average Bonchev–Trinajstić information content (AvgIpc) is 2.80. The summed E-state index contributed by atoms with van der Waals surface area (Å²) in [5.41, 5.74) is -0.704. The lowest BCUT2D eigenvalue weighted by molar-refractivity contribution is -0.141. The Kier molecular flexibility index (Phi) is 3.97. The Balaban J connectivity index is 2.07. The van der Waals surface area contributed by atoms with Crippen LogP contribution < -0.4 is 5.32 Å². The third-order valence-corrected chi connectivity index (χ3v) is 2.77. The molecule has 21 heavy (non-hydrogen) atoms. The number of halogens is 4. The van der Waals surface area contributed by atoms with Crippen molar-refractivity contribution in [3.8, 4) is 0 Å². The van der Waals surface area contributed by atoms with Crippen LogP contribution in [0.5, 0.6) is 0 Å². The van der Waals surface area contributed by atoms with Crippen molar-refractivity contribution >= 4 is 5.91 Å². The van der Waals surface area contributed by atoms with Crippen molar-refractivity contribution in [2.45, 2.75) is 12.7 Å². The van der Waals surface area contributed by atoms with Gasteiger partial charge in [0.25, 0.3) is 5.91 Å². The second-order valence-electron chi connectivity index (χ2n) is 4.35. The quantitative estimate of drug-likeness (QED) is 0.886. The van der Waals surface area contributed by atoms with Crippen molar-refractivity contribution in [1.29, 1.82) is 0 Å². The van der Waals surface area contributed by atoms with E-state index in [0.29, 0.717) is 11.6 Å². The fourth-order valence-electron chi connectivity index (χ4n) is 1.69. The van der Waals surface area contributed by atoms with E-state index in [2.05, 4.69) is 10.4 Å². The zero-order chi connectivity index (χ0) is 15.6. The summed E-state index contributed by atoms with van der Waals surface area (Å²) in [6.07, 6.45) is -4.60. The van der Waals surface area contributed by atoms with E-state index in [1.165, 1.54) is 31.3 Å². The number of nitrogens with one attached hydrogen (secondary N) is 1. The van der Waals surface area contributed by atoms with Crippen molar-refractivity contribution in [1.82, 2.24) is 15.1 Å². The van der Waals surface area contributed by atoms with E-state index in [4.69, 9.17) is 0 Å². The fraction of sp³-hybridized carbons (Fsp3) is 0.231. The number of alkyl halides is 3. The first-order chi connectivity index (χ1) is 9.77. The van der Waals surface area contributed by atoms with E-state index < -0.39 is 23.6 Å². The average molecular weight is 301 g/mol. The lowest BCUT2D eigenvalue weighted by atomic mass is 10.2. The maximum absolute atomic E-state index is 12.7. The van der Waals surface area contributed by atoms with E-state index in [1.54, 1.807) is 0 Å². The number of nitrogens with zero attached hydrogens (tertiary/aromatic N) is 2. The molecule has 0 radical (unpaired) electrons. The summed E-state index contributed by atoms with van der Waals surface area (Å²) in [6, 6.07) is 6.08. The lowest BCUT2D eigenvalue weighted by Crippen LogP contribution is -2.25. The molecule has 1 heterocycles.